The maximum Gasteiger partial charge on any atom is 0.306 e. The molecule has 2 heterocycles. The number of hydrogen-bond acceptors (Lipinski definition) is 7. The Morgan fingerprint density at radius 2 is 1.94 bits per heavy atom. The maximum atomic E-state index is 14.9. The van der Waals surface area contributed by atoms with Gasteiger partial charge >= 0.3 is 5.97 Å². The quantitative estimate of drug-likeness (QED) is 0.360. The van der Waals surface area contributed by atoms with Crippen LogP contribution in [0.5, 0.6) is 11.8 Å². The summed E-state index contributed by atoms with van der Waals surface area (Å²) in [6, 6.07) is 6.14. The molecule has 1 aromatic carbocycles. The van der Waals surface area contributed by atoms with Crippen LogP contribution in [0.1, 0.15) is 32.1 Å². The van der Waals surface area contributed by atoms with Crippen molar-refractivity contribution in [1.82, 2.24) is 15.0 Å². The van der Waals surface area contributed by atoms with E-state index in [1.807, 2.05) is 0 Å². The molecule has 0 spiro atoms. The average Bonchev–Trinajstić information content (AvgIpc) is 3.21. The number of pyridine rings is 1. The fourth-order valence-corrected chi connectivity index (χ4v) is 5.11. The second-order valence-corrected chi connectivity index (χ2v) is 11.7. The summed E-state index contributed by atoms with van der Waals surface area (Å²) in [5.41, 5.74) is 1.25. The van der Waals surface area contributed by atoms with Gasteiger partial charge in [0.2, 0.25) is 0 Å². The van der Waals surface area contributed by atoms with Gasteiger partial charge in [0.15, 0.2) is 5.65 Å². The number of nitrogens with zero attached hydrogens (tertiary/aromatic N) is 2. The molecule has 2 aromatic heterocycles. The van der Waals surface area contributed by atoms with E-state index < -0.39 is 21.6 Å². The number of ether oxygens (including phenoxy) is 2. The molecule has 0 aliphatic heterocycles. The van der Waals surface area contributed by atoms with Crippen LogP contribution in [0.25, 0.3) is 22.4 Å². The molecule has 0 amide bonds. The summed E-state index contributed by atoms with van der Waals surface area (Å²) < 4.78 is 48.5. The first-order valence-electron chi connectivity index (χ1n) is 11.6. The van der Waals surface area contributed by atoms with E-state index in [9.17, 15) is 17.6 Å². The van der Waals surface area contributed by atoms with Crippen LogP contribution in [0.2, 0.25) is 5.02 Å². The Morgan fingerprint density at radius 1 is 1.19 bits per heavy atom. The van der Waals surface area contributed by atoms with Crippen LogP contribution in [0.15, 0.2) is 24.3 Å². The summed E-state index contributed by atoms with van der Waals surface area (Å²) in [7, 11) is -3.08. The summed E-state index contributed by atoms with van der Waals surface area (Å²) in [6.07, 6.45) is 4.29. The molecule has 0 bridgehead atoms. The fraction of sp³-hybridized carbons (Fsp3) is 0.458. The Bertz CT molecular complexity index is 1360. The number of aromatic nitrogens is 3. The van der Waals surface area contributed by atoms with Crippen molar-refractivity contribution < 1.29 is 32.2 Å². The monoisotopic (exact) mass is 539 g/mol. The van der Waals surface area contributed by atoms with E-state index in [0.717, 1.165) is 19.1 Å². The molecular weight excluding hydrogens is 513 g/mol. The molecule has 0 radical (unpaired) electrons. The molecule has 4 rings (SSSR count). The van der Waals surface area contributed by atoms with Gasteiger partial charge in [0.1, 0.15) is 21.4 Å². The van der Waals surface area contributed by atoms with E-state index in [1.165, 1.54) is 12.1 Å². The molecule has 1 saturated carbocycles. The number of rotatable bonds is 10. The number of aromatic amines is 1. The summed E-state index contributed by atoms with van der Waals surface area (Å²) in [4.78, 5) is 22.9. The molecule has 36 heavy (non-hydrogen) atoms. The van der Waals surface area contributed by atoms with Crippen LogP contribution in [-0.4, -0.2) is 59.7 Å². The minimum atomic E-state index is -3.08. The Labute approximate surface area is 212 Å². The number of carbonyl (C=O) groups is 1. The summed E-state index contributed by atoms with van der Waals surface area (Å²) >= 11 is 6.39. The van der Waals surface area contributed by atoms with Gasteiger partial charge in [-0.1, -0.05) is 11.6 Å². The molecule has 1 fully saturated rings. The first-order valence-corrected chi connectivity index (χ1v) is 14.0. The fourth-order valence-electron chi connectivity index (χ4n) is 4.21. The lowest BCUT2D eigenvalue weighted by Crippen LogP contribution is -2.24. The van der Waals surface area contributed by atoms with Gasteiger partial charge in [-0.05, 0) is 56.2 Å². The molecule has 1 aliphatic carbocycles. The Balaban J connectivity index is 1.41. The van der Waals surface area contributed by atoms with Gasteiger partial charge in [-0.15, -0.1) is 0 Å². The number of fused-ring (bicyclic) bond motifs is 1. The number of carboxylic acid groups (broad SMARTS) is 1. The highest BCUT2D eigenvalue weighted by Gasteiger charge is 2.26. The van der Waals surface area contributed by atoms with E-state index in [4.69, 9.17) is 26.2 Å². The molecule has 0 atom stereocenters. The molecule has 12 heteroatoms. The van der Waals surface area contributed by atoms with Gasteiger partial charge in [-0.2, -0.15) is 4.98 Å². The molecule has 0 unspecified atom stereocenters. The van der Waals surface area contributed by atoms with Crippen molar-refractivity contribution in [2.45, 2.75) is 32.1 Å². The number of imidazole rings is 1. The van der Waals surface area contributed by atoms with E-state index in [1.54, 1.807) is 12.1 Å². The van der Waals surface area contributed by atoms with E-state index in [-0.39, 0.29) is 52.2 Å². The van der Waals surface area contributed by atoms with E-state index in [2.05, 4.69) is 15.0 Å². The molecule has 9 nitrogen and oxygen atoms in total. The van der Waals surface area contributed by atoms with Gasteiger partial charge in [0.05, 0.1) is 41.1 Å². The summed E-state index contributed by atoms with van der Waals surface area (Å²) in [5.74, 6) is -1.09. The topological polar surface area (TPSA) is 131 Å². The molecule has 3 aromatic rings. The van der Waals surface area contributed by atoms with Gasteiger partial charge in [-0.25, -0.2) is 17.8 Å². The highest BCUT2D eigenvalue weighted by atomic mass is 35.5. The van der Waals surface area contributed by atoms with Crippen molar-refractivity contribution in [3.05, 3.63) is 35.1 Å². The zero-order valence-electron chi connectivity index (χ0n) is 19.7. The zero-order chi connectivity index (χ0) is 25.9. The Kier molecular flexibility index (Phi) is 7.99. The third-order valence-corrected chi connectivity index (χ3v) is 7.50. The molecular formula is C24H27ClFN3O6S. The number of H-pyrrole nitrogens is 1. The molecule has 194 valence electrons. The van der Waals surface area contributed by atoms with Gasteiger partial charge in [-0.3, -0.25) is 4.79 Å². The van der Waals surface area contributed by atoms with Crippen LogP contribution >= 0.6 is 11.6 Å². The van der Waals surface area contributed by atoms with Crippen LogP contribution in [0.3, 0.4) is 0 Å². The first-order chi connectivity index (χ1) is 17.1. The van der Waals surface area contributed by atoms with E-state index >= 15 is 0 Å². The Morgan fingerprint density at radius 3 is 2.61 bits per heavy atom. The third kappa shape index (κ3) is 6.64. The number of aliphatic carboxylic acids is 1. The summed E-state index contributed by atoms with van der Waals surface area (Å²) in [6.45, 7) is 0.556. The lowest BCUT2D eigenvalue weighted by Gasteiger charge is -2.25. The van der Waals surface area contributed by atoms with Crippen molar-refractivity contribution >= 4 is 38.6 Å². The summed E-state index contributed by atoms with van der Waals surface area (Å²) in [5, 5.41) is 9.35. The predicted molar refractivity (Wildman–Crippen MR) is 133 cm³/mol. The molecule has 2 N–H and O–H groups in total. The minimum absolute atomic E-state index is 0.00564. The number of carboxylic acids is 1. The molecule has 0 saturated heterocycles. The standard InChI is InChI=1S/C24H27ClFN3O6S/c1-36(32,33)10-2-9-34-16-7-8-17(19(26)11-16)21-18(25)12-20-22(28-21)29-24(27-20)35-13-14-3-5-15(6-4-14)23(30)31/h7-8,11-12,14-15H,2-6,9-10,13H2,1H3,(H,30,31)(H,27,28,29). The predicted octanol–water partition coefficient (Wildman–Crippen LogP) is 4.50. The maximum absolute atomic E-state index is 14.9. The van der Waals surface area contributed by atoms with Crippen molar-refractivity contribution in [3.8, 4) is 23.0 Å². The zero-order valence-corrected chi connectivity index (χ0v) is 21.2. The van der Waals surface area contributed by atoms with Crippen molar-refractivity contribution in [2.24, 2.45) is 11.8 Å². The van der Waals surface area contributed by atoms with E-state index in [0.29, 0.717) is 37.0 Å². The number of hydrogen-bond donors (Lipinski definition) is 2. The van der Waals surface area contributed by atoms with Crippen molar-refractivity contribution in [3.63, 3.8) is 0 Å². The highest BCUT2D eigenvalue weighted by Crippen LogP contribution is 2.33. The average molecular weight is 540 g/mol. The second kappa shape index (κ2) is 11.0. The van der Waals surface area contributed by atoms with Gasteiger partial charge in [0.25, 0.3) is 6.01 Å². The largest absolute Gasteiger partial charge is 0.493 e. The second-order valence-electron chi connectivity index (χ2n) is 9.07. The smallest absolute Gasteiger partial charge is 0.306 e. The van der Waals surface area contributed by atoms with Crippen molar-refractivity contribution in [1.29, 1.82) is 0 Å². The third-order valence-electron chi connectivity index (χ3n) is 6.18. The number of benzene rings is 1. The molecule has 1 aliphatic rings. The highest BCUT2D eigenvalue weighted by molar-refractivity contribution is 7.90. The lowest BCUT2D eigenvalue weighted by atomic mass is 9.82. The number of halogens is 2. The lowest BCUT2D eigenvalue weighted by molar-refractivity contribution is -0.143. The minimum Gasteiger partial charge on any atom is -0.493 e. The van der Waals surface area contributed by atoms with Gasteiger partial charge in [0, 0.05) is 17.9 Å². The number of nitrogens with one attached hydrogen (secondary N) is 1. The van der Waals surface area contributed by atoms with Gasteiger partial charge < -0.3 is 19.6 Å². The number of sulfone groups is 1. The van der Waals surface area contributed by atoms with Crippen molar-refractivity contribution in [2.75, 3.05) is 25.2 Å². The van der Waals surface area contributed by atoms with Crippen LogP contribution in [-0.2, 0) is 14.6 Å². The van der Waals surface area contributed by atoms with Crippen LogP contribution in [0, 0.1) is 17.7 Å². The normalized spacial score (nSPS) is 18.3. The SMILES string of the molecule is CS(=O)(=O)CCCOc1ccc(-c2nc3nc(OCC4CCC(C(=O)O)CC4)[nH]c3cc2Cl)c(F)c1. The van der Waals surface area contributed by atoms with Crippen LogP contribution in [0.4, 0.5) is 4.39 Å². The first kappa shape index (κ1) is 26.2. The van der Waals surface area contributed by atoms with Crippen LogP contribution < -0.4 is 9.47 Å². The Hall–Kier alpha value is -2.92.